The van der Waals surface area contributed by atoms with Crippen molar-refractivity contribution in [2.75, 3.05) is 20.3 Å². The van der Waals surface area contributed by atoms with E-state index in [1.807, 2.05) is 0 Å². The second-order valence-electron chi connectivity index (χ2n) is 9.85. The van der Waals surface area contributed by atoms with E-state index in [0.29, 0.717) is 5.56 Å². The molecule has 2 aromatic carbocycles. The van der Waals surface area contributed by atoms with Gasteiger partial charge in [-0.1, -0.05) is 0 Å². The zero-order chi connectivity index (χ0) is 29.6. The predicted octanol–water partition coefficient (Wildman–Crippen LogP) is -1.14. The van der Waals surface area contributed by atoms with Crippen LogP contribution < -0.4 is 10.2 Å². The minimum Gasteiger partial charge on any atom is -0.508 e. The Morgan fingerprint density at radius 3 is 2.32 bits per heavy atom. The van der Waals surface area contributed by atoms with Crippen LogP contribution in [0.1, 0.15) is 11.7 Å². The summed E-state index contributed by atoms with van der Waals surface area (Å²) in [5, 5.41) is 82.1. The lowest BCUT2D eigenvalue weighted by Crippen LogP contribution is -2.60. The fourth-order valence-electron chi connectivity index (χ4n) is 5.05. The maximum atomic E-state index is 13.2. The normalized spacial score (nSPS) is 32.2. The second kappa shape index (κ2) is 11.5. The Balaban J connectivity index is 1.69. The van der Waals surface area contributed by atoms with Crippen LogP contribution in [-0.2, 0) is 14.2 Å². The molecule has 3 heterocycles. The summed E-state index contributed by atoms with van der Waals surface area (Å²) in [5.74, 6) is -0.574. The number of fused-ring (bicyclic) bond motifs is 1. The van der Waals surface area contributed by atoms with Crippen molar-refractivity contribution in [1.82, 2.24) is 0 Å². The van der Waals surface area contributed by atoms with Crippen LogP contribution in [-0.4, -0.2) is 110 Å². The summed E-state index contributed by atoms with van der Waals surface area (Å²) in [6.45, 7) is -1.16. The molecule has 0 amide bonds. The van der Waals surface area contributed by atoms with Crippen molar-refractivity contribution in [2.45, 2.75) is 55.1 Å². The Morgan fingerprint density at radius 2 is 1.66 bits per heavy atom. The van der Waals surface area contributed by atoms with E-state index in [1.165, 1.54) is 31.4 Å². The number of hydrogen-bond donors (Lipinski definition) is 8. The van der Waals surface area contributed by atoms with Crippen molar-refractivity contribution >= 4 is 11.0 Å². The summed E-state index contributed by atoms with van der Waals surface area (Å²) in [4.78, 5) is 13.2. The van der Waals surface area contributed by atoms with Gasteiger partial charge in [0.2, 0.25) is 0 Å². The van der Waals surface area contributed by atoms with E-state index >= 15 is 0 Å². The number of phenolic OH excluding ortho intramolecular Hbond substituents is 2. The van der Waals surface area contributed by atoms with E-state index in [2.05, 4.69) is 0 Å². The molecule has 41 heavy (non-hydrogen) atoms. The summed E-state index contributed by atoms with van der Waals surface area (Å²) in [5.41, 5.74) is -0.566. The summed E-state index contributed by atoms with van der Waals surface area (Å²) < 4.78 is 28.6. The number of ether oxygens (including phenoxy) is 4. The number of aliphatic hydroxyl groups is 6. The highest BCUT2D eigenvalue weighted by Gasteiger charge is 2.50. The van der Waals surface area contributed by atoms with Gasteiger partial charge in [0.05, 0.1) is 25.9 Å². The van der Waals surface area contributed by atoms with Gasteiger partial charge in [-0.2, -0.15) is 0 Å². The SMILES string of the molecule is COc1cc(O)c2c(=O)cc(-c3ccc(O)cc3)oc2c1[C@@H]1O[C@H](CO)[C@@H](O)[C@H](O)[C@H]1OC1OC[C@@H](O)[C@@H](O)[C@@H]1O. The Kier molecular flexibility index (Phi) is 8.20. The summed E-state index contributed by atoms with van der Waals surface area (Å²) in [6.07, 6.45) is -14.4. The van der Waals surface area contributed by atoms with E-state index in [0.717, 1.165) is 12.1 Å². The number of rotatable bonds is 6. The zero-order valence-corrected chi connectivity index (χ0v) is 21.6. The first-order valence-electron chi connectivity index (χ1n) is 12.7. The fourth-order valence-corrected chi connectivity index (χ4v) is 5.05. The van der Waals surface area contributed by atoms with E-state index in [-0.39, 0.29) is 33.8 Å². The summed E-state index contributed by atoms with van der Waals surface area (Å²) >= 11 is 0. The van der Waals surface area contributed by atoms with Crippen LogP contribution in [0.15, 0.2) is 45.6 Å². The average molecular weight is 579 g/mol. The standard InChI is InChI=1S/C27H30O14/c1-37-16-7-13(31)18-12(30)6-15(10-2-4-11(29)5-3-10)39-24(18)19(16)25-26(22(35)21(34)17(8-28)40-25)41-27-23(36)20(33)14(32)9-38-27/h2-7,14,17,20-23,25-29,31-36H,8-9H2,1H3/t14-,17-,20-,21-,22+,23+,25+,26-,27?/m1/s1. The van der Waals surface area contributed by atoms with Crippen LogP contribution in [0.4, 0.5) is 0 Å². The molecule has 0 bridgehead atoms. The second-order valence-corrected chi connectivity index (χ2v) is 9.85. The zero-order valence-electron chi connectivity index (χ0n) is 21.6. The first-order valence-corrected chi connectivity index (χ1v) is 12.7. The van der Waals surface area contributed by atoms with Gasteiger partial charge in [0.1, 0.15) is 77.2 Å². The minimum absolute atomic E-state index is 0.0279. The van der Waals surface area contributed by atoms with Crippen LogP contribution in [0.5, 0.6) is 17.2 Å². The van der Waals surface area contributed by atoms with Crippen molar-refractivity contribution in [3.63, 3.8) is 0 Å². The van der Waals surface area contributed by atoms with Crippen molar-refractivity contribution in [3.8, 4) is 28.6 Å². The maximum absolute atomic E-state index is 13.2. The van der Waals surface area contributed by atoms with Gasteiger partial charge >= 0.3 is 0 Å². The predicted molar refractivity (Wildman–Crippen MR) is 137 cm³/mol. The highest BCUT2D eigenvalue weighted by atomic mass is 16.7. The van der Waals surface area contributed by atoms with Crippen molar-refractivity contribution in [2.24, 2.45) is 0 Å². The lowest BCUT2D eigenvalue weighted by Gasteiger charge is -2.45. The number of hydrogen-bond acceptors (Lipinski definition) is 14. The van der Waals surface area contributed by atoms with E-state index in [9.17, 15) is 45.6 Å². The van der Waals surface area contributed by atoms with Gasteiger partial charge < -0.3 is 64.2 Å². The maximum Gasteiger partial charge on any atom is 0.197 e. The van der Waals surface area contributed by atoms with Crippen molar-refractivity contribution < 1.29 is 64.2 Å². The van der Waals surface area contributed by atoms with E-state index in [1.54, 1.807) is 0 Å². The molecule has 2 aliphatic rings. The van der Waals surface area contributed by atoms with E-state index < -0.39 is 79.5 Å². The smallest absolute Gasteiger partial charge is 0.197 e. The van der Waals surface area contributed by atoms with Crippen LogP contribution in [0, 0.1) is 0 Å². The molecule has 5 rings (SSSR count). The molecule has 0 radical (unpaired) electrons. The largest absolute Gasteiger partial charge is 0.508 e. The summed E-state index contributed by atoms with van der Waals surface area (Å²) in [7, 11) is 1.26. The van der Waals surface area contributed by atoms with Crippen molar-refractivity contribution in [3.05, 3.63) is 52.2 Å². The molecule has 3 aromatic rings. The molecule has 2 saturated heterocycles. The third kappa shape index (κ3) is 5.25. The van der Waals surface area contributed by atoms with E-state index in [4.69, 9.17) is 23.4 Å². The third-order valence-electron chi connectivity index (χ3n) is 7.25. The van der Waals surface area contributed by atoms with Gasteiger partial charge in [0.25, 0.3) is 0 Å². The molecule has 9 atom stereocenters. The first kappa shape index (κ1) is 29.2. The van der Waals surface area contributed by atoms with Crippen LogP contribution in [0.25, 0.3) is 22.3 Å². The number of benzene rings is 2. The Bertz CT molecular complexity index is 1440. The first-order chi connectivity index (χ1) is 19.5. The van der Waals surface area contributed by atoms with Gasteiger partial charge in [0, 0.05) is 17.7 Å². The van der Waals surface area contributed by atoms with Gasteiger partial charge in [-0.15, -0.1) is 0 Å². The number of methoxy groups -OCH3 is 1. The molecule has 0 aliphatic carbocycles. The Morgan fingerprint density at radius 1 is 0.951 bits per heavy atom. The molecule has 2 fully saturated rings. The lowest BCUT2D eigenvalue weighted by molar-refractivity contribution is -0.325. The highest BCUT2D eigenvalue weighted by molar-refractivity contribution is 5.89. The molecular formula is C27H30O14. The monoisotopic (exact) mass is 578 g/mol. The molecule has 14 nitrogen and oxygen atoms in total. The quantitative estimate of drug-likeness (QED) is 0.173. The van der Waals surface area contributed by atoms with Gasteiger partial charge in [-0.3, -0.25) is 4.79 Å². The Labute approximate surface area is 231 Å². The molecule has 8 N–H and O–H groups in total. The van der Waals surface area contributed by atoms with Gasteiger partial charge in [-0.05, 0) is 24.3 Å². The summed E-state index contributed by atoms with van der Waals surface area (Å²) in [6, 6.07) is 7.99. The molecule has 1 unspecified atom stereocenters. The minimum atomic E-state index is -1.79. The molecule has 0 saturated carbocycles. The third-order valence-corrected chi connectivity index (χ3v) is 7.25. The molecule has 0 spiro atoms. The Hall–Kier alpha value is -3.31. The molecule has 222 valence electrons. The highest BCUT2D eigenvalue weighted by Crippen LogP contribution is 2.45. The molecule has 1 aromatic heterocycles. The fraction of sp³-hybridized carbons (Fsp3) is 0.444. The molecule has 14 heteroatoms. The number of aromatic hydroxyl groups is 2. The number of aliphatic hydroxyl groups excluding tert-OH is 6. The van der Waals surface area contributed by atoms with Crippen LogP contribution in [0.3, 0.4) is 0 Å². The molecule has 2 aliphatic heterocycles. The van der Waals surface area contributed by atoms with Crippen molar-refractivity contribution in [1.29, 1.82) is 0 Å². The van der Waals surface area contributed by atoms with Gasteiger partial charge in [-0.25, -0.2) is 0 Å². The topological polar surface area (TPSA) is 229 Å². The molecular weight excluding hydrogens is 548 g/mol. The average Bonchev–Trinajstić information content (AvgIpc) is 2.95. The van der Waals surface area contributed by atoms with Gasteiger partial charge in [0.15, 0.2) is 17.3 Å². The number of phenols is 2. The van der Waals surface area contributed by atoms with Crippen LogP contribution in [0.2, 0.25) is 0 Å². The van der Waals surface area contributed by atoms with Crippen LogP contribution >= 0.6 is 0 Å². The lowest BCUT2D eigenvalue weighted by atomic mass is 9.89.